The van der Waals surface area contributed by atoms with Gasteiger partial charge in [-0.05, 0) is 31.2 Å². The zero-order valence-corrected chi connectivity index (χ0v) is 10.5. The first kappa shape index (κ1) is 11.6. The number of aromatic amines is 1. The molecule has 4 heteroatoms. The Morgan fingerprint density at radius 2 is 2.11 bits per heavy atom. The van der Waals surface area contributed by atoms with Crippen molar-refractivity contribution >= 4 is 16.8 Å². The molecule has 0 bridgehead atoms. The highest BCUT2D eigenvalue weighted by molar-refractivity contribution is 5.98. The summed E-state index contributed by atoms with van der Waals surface area (Å²) in [7, 11) is 0. The van der Waals surface area contributed by atoms with E-state index in [-0.39, 0.29) is 11.9 Å². The van der Waals surface area contributed by atoms with Gasteiger partial charge in [0, 0.05) is 10.9 Å². The summed E-state index contributed by atoms with van der Waals surface area (Å²) in [4.78, 5) is 15.2. The number of nitrogens with one attached hydrogen (secondary N) is 2. The molecule has 1 aromatic carbocycles. The molecule has 0 aliphatic rings. The first-order chi connectivity index (χ1) is 9.24. The normalized spacial score (nSPS) is 12.5. The molecule has 3 aromatic rings. The molecule has 0 aliphatic heterocycles. The van der Waals surface area contributed by atoms with Gasteiger partial charge in [0.2, 0.25) is 0 Å². The van der Waals surface area contributed by atoms with Crippen molar-refractivity contribution in [3.63, 3.8) is 0 Å². The lowest BCUT2D eigenvalue weighted by Crippen LogP contribution is -2.26. The molecular formula is C15H14N2O2. The molecule has 0 unspecified atom stereocenters. The minimum atomic E-state index is -0.158. The van der Waals surface area contributed by atoms with E-state index < -0.39 is 0 Å². The Balaban J connectivity index is 1.80. The van der Waals surface area contributed by atoms with E-state index in [4.69, 9.17) is 4.42 Å². The van der Waals surface area contributed by atoms with Gasteiger partial charge in [-0.1, -0.05) is 18.2 Å². The number of para-hydroxylation sites is 1. The molecule has 96 valence electrons. The van der Waals surface area contributed by atoms with Gasteiger partial charge >= 0.3 is 0 Å². The van der Waals surface area contributed by atoms with Crippen LogP contribution in [0.25, 0.3) is 10.9 Å². The highest BCUT2D eigenvalue weighted by atomic mass is 16.3. The van der Waals surface area contributed by atoms with E-state index in [1.807, 2.05) is 43.3 Å². The summed E-state index contributed by atoms with van der Waals surface area (Å²) >= 11 is 0. The van der Waals surface area contributed by atoms with Gasteiger partial charge in [0.15, 0.2) is 0 Å². The van der Waals surface area contributed by atoms with Crippen LogP contribution in [-0.2, 0) is 0 Å². The Morgan fingerprint density at radius 1 is 1.26 bits per heavy atom. The number of carbonyl (C=O) groups excluding carboxylic acids is 1. The fraction of sp³-hybridized carbons (Fsp3) is 0.133. The number of aromatic nitrogens is 1. The minimum Gasteiger partial charge on any atom is -0.467 e. The molecule has 1 atom stereocenters. The monoisotopic (exact) mass is 254 g/mol. The minimum absolute atomic E-state index is 0.139. The van der Waals surface area contributed by atoms with Crippen molar-refractivity contribution < 1.29 is 9.21 Å². The average molecular weight is 254 g/mol. The molecule has 0 saturated heterocycles. The smallest absolute Gasteiger partial charge is 0.268 e. The fourth-order valence-electron chi connectivity index (χ4n) is 2.08. The van der Waals surface area contributed by atoms with Gasteiger partial charge in [0.05, 0.1) is 12.3 Å². The predicted molar refractivity (Wildman–Crippen MR) is 72.9 cm³/mol. The molecule has 3 rings (SSSR count). The zero-order chi connectivity index (χ0) is 13.2. The molecule has 0 aliphatic carbocycles. The van der Waals surface area contributed by atoms with Crippen LogP contribution in [0, 0.1) is 0 Å². The topological polar surface area (TPSA) is 58.0 Å². The summed E-state index contributed by atoms with van der Waals surface area (Å²) < 4.78 is 5.27. The number of benzene rings is 1. The van der Waals surface area contributed by atoms with Gasteiger partial charge in [-0.25, -0.2) is 0 Å². The maximum Gasteiger partial charge on any atom is 0.268 e. The zero-order valence-electron chi connectivity index (χ0n) is 10.5. The number of fused-ring (bicyclic) bond motifs is 1. The van der Waals surface area contributed by atoms with E-state index in [0.717, 1.165) is 16.7 Å². The van der Waals surface area contributed by atoms with Gasteiger partial charge in [-0.2, -0.15) is 0 Å². The molecule has 0 spiro atoms. The second-order valence-electron chi connectivity index (χ2n) is 4.48. The largest absolute Gasteiger partial charge is 0.467 e. The van der Waals surface area contributed by atoms with Crippen LogP contribution in [0.5, 0.6) is 0 Å². The van der Waals surface area contributed by atoms with E-state index in [0.29, 0.717) is 5.69 Å². The lowest BCUT2D eigenvalue weighted by molar-refractivity contribution is 0.0931. The van der Waals surface area contributed by atoms with Crippen molar-refractivity contribution in [3.05, 3.63) is 60.2 Å². The number of H-pyrrole nitrogens is 1. The third-order valence-corrected chi connectivity index (χ3v) is 3.09. The maximum atomic E-state index is 12.1. The van der Waals surface area contributed by atoms with Crippen molar-refractivity contribution in [2.24, 2.45) is 0 Å². The Labute approximate surface area is 110 Å². The van der Waals surface area contributed by atoms with Crippen LogP contribution >= 0.6 is 0 Å². The Morgan fingerprint density at radius 3 is 2.84 bits per heavy atom. The molecule has 2 N–H and O–H groups in total. The van der Waals surface area contributed by atoms with Gasteiger partial charge in [0.25, 0.3) is 5.91 Å². The predicted octanol–water partition coefficient (Wildman–Crippen LogP) is 3.25. The Kier molecular flexibility index (Phi) is 2.83. The summed E-state index contributed by atoms with van der Waals surface area (Å²) in [5, 5.41) is 3.92. The third kappa shape index (κ3) is 2.25. The van der Waals surface area contributed by atoms with Crippen LogP contribution in [0.3, 0.4) is 0 Å². The molecule has 2 aromatic heterocycles. The number of carbonyl (C=O) groups is 1. The first-order valence-corrected chi connectivity index (χ1v) is 6.16. The number of hydrogen-bond acceptors (Lipinski definition) is 2. The standard InChI is InChI=1S/C15H14N2O2/c1-10(14-7-4-8-19-14)16-15(18)13-9-11-5-2-3-6-12(11)17-13/h2-10,17H,1H3,(H,16,18)/t10-/m1/s1. The number of hydrogen-bond donors (Lipinski definition) is 2. The average Bonchev–Trinajstić information content (AvgIpc) is 3.07. The maximum absolute atomic E-state index is 12.1. The SMILES string of the molecule is C[C@@H](NC(=O)c1cc2ccccc2[nH]1)c1ccco1. The van der Waals surface area contributed by atoms with Crippen molar-refractivity contribution in [3.8, 4) is 0 Å². The van der Waals surface area contributed by atoms with E-state index >= 15 is 0 Å². The second kappa shape index (κ2) is 4.65. The summed E-state index contributed by atoms with van der Waals surface area (Å²) in [5.74, 6) is 0.601. The molecule has 0 saturated carbocycles. The van der Waals surface area contributed by atoms with Gasteiger partial charge in [0.1, 0.15) is 11.5 Å². The summed E-state index contributed by atoms with van der Waals surface area (Å²) in [6.07, 6.45) is 1.60. The molecule has 1 amide bonds. The lowest BCUT2D eigenvalue weighted by Gasteiger charge is -2.10. The van der Waals surface area contributed by atoms with Crippen LogP contribution in [0.15, 0.2) is 53.1 Å². The van der Waals surface area contributed by atoms with Crippen LogP contribution in [0.4, 0.5) is 0 Å². The van der Waals surface area contributed by atoms with Crippen LogP contribution in [0.1, 0.15) is 29.2 Å². The number of amides is 1. The van der Waals surface area contributed by atoms with Gasteiger partial charge in [-0.3, -0.25) is 4.79 Å². The van der Waals surface area contributed by atoms with E-state index in [2.05, 4.69) is 10.3 Å². The van der Waals surface area contributed by atoms with Crippen molar-refractivity contribution in [2.45, 2.75) is 13.0 Å². The van der Waals surface area contributed by atoms with Crippen LogP contribution in [0.2, 0.25) is 0 Å². The highest BCUT2D eigenvalue weighted by Crippen LogP contribution is 2.16. The molecular weight excluding hydrogens is 240 g/mol. The molecule has 19 heavy (non-hydrogen) atoms. The van der Waals surface area contributed by atoms with Crippen LogP contribution in [-0.4, -0.2) is 10.9 Å². The Bertz CT molecular complexity index is 665. The van der Waals surface area contributed by atoms with Crippen molar-refractivity contribution in [1.82, 2.24) is 10.3 Å². The van der Waals surface area contributed by atoms with Crippen molar-refractivity contribution in [2.75, 3.05) is 0 Å². The fourth-order valence-corrected chi connectivity index (χ4v) is 2.08. The van der Waals surface area contributed by atoms with Crippen molar-refractivity contribution in [1.29, 1.82) is 0 Å². The molecule has 2 heterocycles. The second-order valence-corrected chi connectivity index (χ2v) is 4.48. The van der Waals surface area contributed by atoms with E-state index in [1.165, 1.54) is 0 Å². The number of furan rings is 1. The Hall–Kier alpha value is -2.49. The van der Waals surface area contributed by atoms with E-state index in [9.17, 15) is 4.79 Å². The highest BCUT2D eigenvalue weighted by Gasteiger charge is 2.14. The quantitative estimate of drug-likeness (QED) is 0.753. The molecule has 0 fully saturated rings. The molecule has 4 nitrogen and oxygen atoms in total. The van der Waals surface area contributed by atoms with Gasteiger partial charge in [-0.15, -0.1) is 0 Å². The summed E-state index contributed by atoms with van der Waals surface area (Å²) in [6.45, 7) is 1.89. The van der Waals surface area contributed by atoms with Gasteiger partial charge < -0.3 is 14.7 Å². The number of rotatable bonds is 3. The lowest BCUT2D eigenvalue weighted by atomic mass is 10.2. The summed E-state index contributed by atoms with van der Waals surface area (Å²) in [5.41, 5.74) is 1.51. The van der Waals surface area contributed by atoms with E-state index in [1.54, 1.807) is 12.3 Å². The molecule has 0 radical (unpaired) electrons. The van der Waals surface area contributed by atoms with Crippen LogP contribution < -0.4 is 5.32 Å². The third-order valence-electron chi connectivity index (χ3n) is 3.09. The first-order valence-electron chi connectivity index (χ1n) is 6.16. The summed E-state index contributed by atoms with van der Waals surface area (Å²) in [6, 6.07) is 13.1.